The Balaban J connectivity index is 1.95. The number of aromatic amines is 1. The average Bonchev–Trinajstić information content (AvgIpc) is 2.54. The van der Waals surface area contributed by atoms with Gasteiger partial charge < -0.3 is 9.88 Å². The predicted octanol–water partition coefficient (Wildman–Crippen LogP) is 1.53. The summed E-state index contributed by atoms with van der Waals surface area (Å²) in [6.45, 7) is 0.382. The minimum Gasteiger partial charge on any atom is -0.345 e. The molecule has 0 bridgehead atoms. The molecule has 0 saturated heterocycles. The molecule has 0 unspecified atom stereocenters. The van der Waals surface area contributed by atoms with Crippen molar-refractivity contribution in [2.24, 2.45) is 0 Å². The molecule has 120 valence electrons. The Kier molecular flexibility index (Phi) is 5.24. The molecule has 1 heterocycles. The number of rotatable bonds is 6. The minimum atomic E-state index is -0.419. The van der Waals surface area contributed by atoms with Crippen LogP contribution in [0, 0.1) is 10.1 Å². The van der Waals surface area contributed by atoms with Crippen molar-refractivity contribution in [2.45, 2.75) is 12.8 Å². The summed E-state index contributed by atoms with van der Waals surface area (Å²) in [5.74, 6) is -0.115. The fourth-order valence-corrected chi connectivity index (χ4v) is 2.18. The molecule has 0 aliphatic heterocycles. The van der Waals surface area contributed by atoms with Crippen LogP contribution in [0.4, 0.5) is 5.69 Å². The number of nitro benzene ring substituents is 1. The lowest BCUT2D eigenvalue weighted by Gasteiger charge is -2.17. The van der Waals surface area contributed by atoms with Crippen LogP contribution in [0.3, 0.4) is 0 Å². The Morgan fingerprint density at radius 2 is 2.00 bits per heavy atom. The number of benzene rings is 1. The lowest BCUT2D eigenvalue weighted by molar-refractivity contribution is -0.385. The maximum absolute atomic E-state index is 12.1. The van der Waals surface area contributed by atoms with E-state index in [1.807, 2.05) is 0 Å². The molecule has 23 heavy (non-hydrogen) atoms. The third kappa shape index (κ3) is 4.50. The van der Waals surface area contributed by atoms with Gasteiger partial charge in [-0.05, 0) is 12.0 Å². The van der Waals surface area contributed by atoms with E-state index in [9.17, 15) is 19.7 Å². The van der Waals surface area contributed by atoms with E-state index in [4.69, 9.17) is 0 Å². The van der Waals surface area contributed by atoms with Crippen LogP contribution in [0.2, 0.25) is 0 Å². The fourth-order valence-electron chi connectivity index (χ4n) is 2.18. The topological polar surface area (TPSA) is 96.3 Å². The molecule has 7 nitrogen and oxygen atoms in total. The lowest BCUT2D eigenvalue weighted by Crippen LogP contribution is -2.30. The van der Waals surface area contributed by atoms with Gasteiger partial charge in [0.25, 0.3) is 5.69 Å². The van der Waals surface area contributed by atoms with Gasteiger partial charge in [0.1, 0.15) is 0 Å². The molecule has 0 atom stereocenters. The van der Waals surface area contributed by atoms with Crippen LogP contribution in [0.25, 0.3) is 0 Å². The maximum Gasteiger partial charge on any atom is 0.272 e. The Bertz CT molecular complexity index is 749. The van der Waals surface area contributed by atoms with Crippen LogP contribution in [0.5, 0.6) is 0 Å². The van der Waals surface area contributed by atoms with Crippen molar-refractivity contribution in [3.8, 4) is 0 Å². The van der Waals surface area contributed by atoms with E-state index in [1.165, 1.54) is 23.2 Å². The van der Waals surface area contributed by atoms with Crippen LogP contribution in [-0.4, -0.2) is 34.3 Å². The highest BCUT2D eigenvalue weighted by Gasteiger charge is 2.15. The van der Waals surface area contributed by atoms with Gasteiger partial charge in [0.15, 0.2) is 0 Å². The van der Waals surface area contributed by atoms with Crippen LogP contribution in [0.1, 0.15) is 11.1 Å². The summed E-state index contributed by atoms with van der Waals surface area (Å²) in [5, 5.41) is 11.0. The van der Waals surface area contributed by atoms with Crippen LogP contribution in [-0.2, 0) is 17.6 Å². The van der Waals surface area contributed by atoms with E-state index >= 15 is 0 Å². The second kappa shape index (κ2) is 7.35. The number of nitro groups is 1. The highest BCUT2D eigenvalue weighted by atomic mass is 16.6. The van der Waals surface area contributed by atoms with Gasteiger partial charge in [0, 0.05) is 37.5 Å². The molecule has 1 amide bonds. The molecule has 0 fully saturated rings. The third-order valence-corrected chi connectivity index (χ3v) is 3.53. The summed E-state index contributed by atoms with van der Waals surface area (Å²) >= 11 is 0. The van der Waals surface area contributed by atoms with Gasteiger partial charge in [-0.3, -0.25) is 19.7 Å². The molecule has 2 aromatic rings. The number of likely N-dealkylation sites (N-methyl/N-ethyl adjacent to an activating group) is 1. The normalized spacial score (nSPS) is 10.3. The number of nitrogens with one attached hydrogen (secondary N) is 1. The number of para-hydroxylation sites is 1. The van der Waals surface area contributed by atoms with E-state index in [0.717, 1.165) is 0 Å². The van der Waals surface area contributed by atoms with Gasteiger partial charge in [-0.15, -0.1) is 0 Å². The molecule has 2 rings (SSSR count). The molecule has 0 saturated carbocycles. The SMILES string of the molecule is CN(CCc1ccccc1[N+](=O)[O-])C(=O)Cc1ccc(=O)[nH]c1. The number of aromatic nitrogens is 1. The summed E-state index contributed by atoms with van der Waals surface area (Å²) < 4.78 is 0. The van der Waals surface area contributed by atoms with E-state index in [1.54, 1.807) is 31.3 Å². The number of carbonyl (C=O) groups is 1. The fraction of sp³-hybridized carbons (Fsp3) is 0.250. The lowest BCUT2D eigenvalue weighted by atomic mass is 10.1. The van der Waals surface area contributed by atoms with Crippen molar-refractivity contribution in [3.63, 3.8) is 0 Å². The Hall–Kier alpha value is -2.96. The number of amides is 1. The highest BCUT2D eigenvalue weighted by Crippen LogP contribution is 2.18. The molecule has 1 aromatic heterocycles. The summed E-state index contributed by atoms with van der Waals surface area (Å²) in [7, 11) is 1.66. The first-order valence-electron chi connectivity index (χ1n) is 7.11. The van der Waals surface area contributed by atoms with Crippen molar-refractivity contribution in [1.82, 2.24) is 9.88 Å². The summed E-state index contributed by atoms with van der Waals surface area (Å²) in [6.07, 6.45) is 2.09. The van der Waals surface area contributed by atoms with Crippen molar-refractivity contribution in [3.05, 3.63) is 74.2 Å². The molecule has 1 N–H and O–H groups in total. The molecule has 0 aliphatic rings. The van der Waals surface area contributed by atoms with Gasteiger partial charge in [-0.1, -0.05) is 24.3 Å². The van der Waals surface area contributed by atoms with Crippen molar-refractivity contribution < 1.29 is 9.72 Å². The van der Waals surface area contributed by atoms with Gasteiger partial charge in [0.05, 0.1) is 11.3 Å². The van der Waals surface area contributed by atoms with E-state index in [0.29, 0.717) is 24.1 Å². The monoisotopic (exact) mass is 315 g/mol. The van der Waals surface area contributed by atoms with Crippen molar-refractivity contribution in [2.75, 3.05) is 13.6 Å². The number of pyridine rings is 1. The van der Waals surface area contributed by atoms with Crippen LogP contribution < -0.4 is 5.56 Å². The molecule has 0 spiro atoms. The van der Waals surface area contributed by atoms with Crippen molar-refractivity contribution in [1.29, 1.82) is 0 Å². The second-order valence-electron chi connectivity index (χ2n) is 5.19. The summed E-state index contributed by atoms with van der Waals surface area (Å²) in [5.41, 5.74) is 1.16. The average molecular weight is 315 g/mol. The smallest absolute Gasteiger partial charge is 0.272 e. The Labute approximate surface area is 132 Å². The van der Waals surface area contributed by atoms with Gasteiger partial charge in [-0.2, -0.15) is 0 Å². The number of H-pyrrole nitrogens is 1. The zero-order valence-electron chi connectivity index (χ0n) is 12.7. The standard InChI is InChI=1S/C16H17N3O4/c1-18(16(21)10-12-6-7-15(20)17-11-12)9-8-13-4-2-3-5-14(13)19(22)23/h2-7,11H,8-10H2,1H3,(H,17,20). The molecule has 7 heteroatoms. The largest absolute Gasteiger partial charge is 0.345 e. The van der Waals surface area contributed by atoms with Gasteiger partial charge in [0.2, 0.25) is 11.5 Å². The number of nitrogens with zero attached hydrogens (tertiary/aromatic N) is 2. The van der Waals surface area contributed by atoms with Gasteiger partial charge >= 0.3 is 0 Å². The molecule has 0 radical (unpaired) electrons. The highest BCUT2D eigenvalue weighted by molar-refractivity contribution is 5.78. The first kappa shape index (κ1) is 16.4. The molecular formula is C16H17N3O4. The van der Waals surface area contributed by atoms with E-state index in [2.05, 4.69) is 4.98 Å². The maximum atomic E-state index is 12.1. The predicted molar refractivity (Wildman–Crippen MR) is 85.2 cm³/mol. The summed E-state index contributed by atoms with van der Waals surface area (Å²) in [4.78, 5) is 37.7. The Morgan fingerprint density at radius 1 is 1.26 bits per heavy atom. The first-order valence-corrected chi connectivity index (χ1v) is 7.11. The number of carbonyl (C=O) groups excluding carboxylic acids is 1. The number of hydrogen-bond acceptors (Lipinski definition) is 4. The van der Waals surface area contributed by atoms with Crippen molar-refractivity contribution >= 4 is 11.6 Å². The third-order valence-electron chi connectivity index (χ3n) is 3.53. The van der Waals surface area contributed by atoms with E-state index in [-0.39, 0.29) is 23.6 Å². The molecular weight excluding hydrogens is 298 g/mol. The molecule has 1 aromatic carbocycles. The zero-order valence-corrected chi connectivity index (χ0v) is 12.7. The van der Waals surface area contributed by atoms with E-state index < -0.39 is 4.92 Å². The van der Waals surface area contributed by atoms with Gasteiger partial charge in [-0.25, -0.2) is 0 Å². The quantitative estimate of drug-likeness (QED) is 0.645. The van der Waals surface area contributed by atoms with Crippen LogP contribution in [0.15, 0.2) is 47.4 Å². The first-order chi connectivity index (χ1) is 11.0. The van der Waals surface area contributed by atoms with Crippen LogP contribution >= 0.6 is 0 Å². The minimum absolute atomic E-state index is 0.0639. The Morgan fingerprint density at radius 3 is 2.65 bits per heavy atom. The summed E-state index contributed by atoms with van der Waals surface area (Å²) in [6, 6.07) is 9.48. The molecule has 0 aliphatic carbocycles. The zero-order chi connectivity index (χ0) is 16.8. The second-order valence-corrected chi connectivity index (χ2v) is 5.19. The number of hydrogen-bond donors (Lipinski definition) is 1.